The summed E-state index contributed by atoms with van der Waals surface area (Å²) in [6.07, 6.45) is 4.48. The topological polar surface area (TPSA) is 49.9 Å². The summed E-state index contributed by atoms with van der Waals surface area (Å²) in [5, 5.41) is 0. The van der Waals surface area contributed by atoms with E-state index in [1.165, 1.54) is 6.07 Å². The van der Waals surface area contributed by atoms with Crippen LogP contribution in [0.5, 0.6) is 5.75 Å². The van der Waals surface area contributed by atoms with E-state index in [4.69, 9.17) is 4.74 Å². The Morgan fingerprint density at radius 3 is 2.45 bits per heavy atom. The van der Waals surface area contributed by atoms with Crippen molar-refractivity contribution in [2.45, 2.75) is 31.7 Å². The molecule has 2 aromatic carbocycles. The number of ether oxygens (including phenoxy) is 1. The maximum Gasteiger partial charge on any atom is 0.260 e. The molecule has 178 valence electrons. The third kappa shape index (κ3) is 7.22. The van der Waals surface area contributed by atoms with E-state index in [1.807, 2.05) is 59.5 Å². The summed E-state index contributed by atoms with van der Waals surface area (Å²) in [4.78, 5) is 29.1. The molecule has 0 bridgehead atoms. The summed E-state index contributed by atoms with van der Waals surface area (Å²) in [7, 11) is 1.83. The van der Waals surface area contributed by atoms with Gasteiger partial charge in [0.1, 0.15) is 11.6 Å². The van der Waals surface area contributed by atoms with E-state index in [2.05, 4.69) is 0 Å². The van der Waals surface area contributed by atoms with E-state index < -0.39 is 0 Å². The van der Waals surface area contributed by atoms with Gasteiger partial charge in [-0.25, -0.2) is 4.39 Å². The zero-order valence-corrected chi connectivity index (χ0v) is 20.2. The first-order valence-corrected chi connectivity index (χ1v) is 12.8. The minimum Gasteiger partial charge on any atom is -0.484 e. The van der Waals surface area contributed by atoms with E-state index in [1.54, 1.807) is 23.9 Å². The molecule has 1 fully saturated rings. The third-order valence-electron chi connectivity index (χ3n) is 6.34. The molecule has 2 amide bonds. The number of nitrogens with zero attached hydrogens (tertiary/aromatic N) is 2. The summed E-state index contributed by atoms with van der Waals surface area (Å²) in [6.45, 7) is 1.24. The van der Waals surface area contributed by atoms with Gasteiger partial charge in [-0.05, 0) is 55.2 Å². The molecule has 1 atom stereocenters. The van der Waals surface area contributed by atoms with Gasteiger partial charge < -0.3 is 14.5 Å². The number of carbonyl (C=O) groups is 2. The molecular weight excluding hydrogens is 439 g/mol. The molecular formula is C26H33FN2O3S. The van der Waals surface area contributed by atoms with Crippen LogP contribution in [-0.2, 0) is 16.0 Å². The second-order valence-electron chi connectivity index (χ2n) is 8.43. The van der Waals surface area contributed by atoms with Gasteiger partial charge in [0.25, 0.3) is 5.91 Å². The third-order valence-corrected chi connectivity index (χ3v) is 6.95. The van der Waals surface area contributed by atoms with Crippen LogP contribution in [-0.4, -0.2) is 66.4 Å². The number of hydrogen-bond donors (Lipinski definition) is 0. The lowest BCUT2D eigenvalue weighted by atomic mass is 9.84. The first-order chi connectivity index (χ1) is 16.0. The Morgan fingerprint density at radius 2 is 1.79 bits per heavy atom. The number of para-hydroxylation sites is 1. The first kappa shape index (κ1) is 25.1. The maximum atomic E-state index is 14.4. The van der Waals surface area contributed by atoms with Crippen LogP contribution in [0, 0.1) is 11.7 Å². The molecule has 7 heteroatoms. The van der Waals surface area contributed by atoms with Crippen LogP contribution in [0.2, 0.25) is 0 Å². The smallest absolute Gasteiger partial charge is 0.260 e. The molecule has 0 N–H and O–H groups in total. The lowest BCUT2D eigenvalue weighted by Crippen LogP contribution is -2.49. The molecule has 0 aromatic heterocycles. The van der Waals surface area contributed by atoms with E-state index >= 15 is 0 Å². The average molecular weight is 473 g/mol. The zero-order chi connectivity index (χ0) is 23.6. The van der Waals surface area contributed by atoms with Crippen molar-refractivity contribution in [3.05, 3.63) is 66.0 Å². The number of amides is 2. The molecule has 2 aromatic rings. The summed E-state index contributed by atoms with van der Waals surface area (Å²) in [5.74, 6) is 1.46. The maximum absolute atomic E-state index is 14.4. The van der Waals surface area contributed by atoms with Gasteiger partial charge in [0.15, 0.2) is 6.61 Å². The Morgan fingerprint density at radius 1 is 1.12 bits per heavy atom. The van der Waals surface area contributed by atoms with Crippen LogP contribution >= 0.6 is 11.8 Å². The largest absolute Gasteiger partial charge is 0.484 e. The number of piperidine rings is 1. The Kier molecular flexibility index (Phi) is 9.61. The fourth-order valence-corrected chi connectivity index (χ4v) is 4.73. The van der Waals surface area contributed by atoms with Gasteiger partial charge in [-0.1, -0.05) is 36.4 Å². The number of benzene rings is 2. The summed E-state index contributed by atoms with van der Waals surface area (Å²) in [6, 6.07) is 16.0. The normalized spacial score (nSPS) is 15.2. The number of rotatable bonds is 10. The molecule has 1 aliphatic rings. The van der Waals surface area contributed by atoms with Crippen molar-refractivity contribution in [3.8, 4) is 5.75 Å². The predicted molar refractivity (Wildman–Crippen MR) is 131 cm³/mol. The van der Waals surface area contributed by atoms with Gasteiger partial charge in [0, 0.05) is 38.4 Å². The van der Waals surface area contributed by atoms with Gasteiger partial charge in [-0.3, -0.25) is 9.59 Å². The number of carbonyl (C=O) groups excluding carboxylic acids is 2. The summed E-state index contributed by atoms with van der Waals surface area (Å²) in [5.41, 5.74) is 0.627. The van der Waals surface area contributed by atoms with Crippen molar-refractivity contribution < 1.29 is 18.7 Å². The average Bonchev–Trinajstić information content (AvgIpc) is 2.85. The molecule has 0 spiro atoms. The first-order valence-electron chi connectivity index (χ1n) is 11.4. The highest BCUT2D eigenvalue weighted by Gasteiger charge is 2.33. The van der Waals surface area contributed by atoms with Crippen LogP contribution in [0.1, 0.15) is 24.8 Å². The second-order valence-corrected chi connectivity index (χ2v) is 9.42. The van der Waals surface area contributed by atoms with Crippen molar-refractivity contribution in [1.82, 2.24) is 9.80 Å². The highest BCUT2D eigenvalue weighted by atomic mass is 32.2. The van der Waals surface area contributed by atoms with E-state index in [0.717, 1.165) is 18.6 Å². The SMILES string of the molecule is CSCCC(=O)N(C)[C@@H](Cc1ccccc1F)C1CCN(C(=O)COc2ccccc2)CC1. The molecule has 3 rings (SSSR count). The molecule has 0 aliphatic carbocycles. The summed E-state index contributed by atoms with van der Waals surface area (Å²) < 4.78 is 20.0. The molecule has 33 heavy (non-hydrogen) atoms. The number of halogens is 1. The van der Waals surface area contributed by atoms with Gasteiger partial charge in [-0.2, -0.15) is 11.8 Å². The van der Waals surface area contributed by atoms with Gasteiger partial charge in [0.2, 0.25) is 5.91 Å². The zero-order valence-electron chi connectivity index (χ0n) is 19.4. The summed E-state index contributed by atoms with van der Waals surface area (Å²) >= 11 is 1.64. The Balaban J connectivity index is 1.62. The number of likely N-dealkylation sites (N-methyl/N-ethyl adjacent to an activating group) is 1. The van der Waals surface area contributed by atoms with Crippen LogP contribution in [0.4, 0.5) is 4.39 Å². The standard InChI is InChI=1S/C26H33FN2O3S/c1-28(25(30)14-17-33-2)24(18-21-8-6-7-11-23(21)27)20-12-15-29(16-13-20)26(31)19-32-22-9-4-3-5-10-22/h3-11,20,24H,12-19H2,1-2H3/t24-/m0/s1. The van der Waals surface area contributed by atoms with Crippen molar-refractivity contribution in [2.24, 2.45) is 5.92 Å². The van der Waals surface area contributed by atoms with Gasteiger partial charge >= 0.3 is 0 Å². The quantitative estimate of drug-likeness (QED) is 0.518. The molecule has 0 radical (unpaired) electrons. The van der Waals surface area contributed by atoms with Crippen molar-refractivity contribution in [3.63, 3.8) is 0 Å². The molecule has 0 unspecified atom stereocenters. The minimum absolute atomic E-state index is 0.0143. The molecule has 1 aliphatic heterocycles. The minimum atomic E-state index is -0.238. The lowest BCUT2D eigenvalue weighted by Gasteiger charge is -2.40. The van der Waals surface area contributed by atoms with E-state index in [0.29, 0.717) is 37.2 Å². The highest BCUT2D eigenvalue weighted by molar-refractivity contribution is 7.98. The Hall–Kier alpha value is -2.54. The van der Waals surface area contributed by atoms with Gasteiger partial charge in [0.05, 0.1) is 0 Å². The predicted octanol–water partition coefficient (Wildman–Crippen LogP) is 4.27. The molecule has 1 saturated heterocycles. The fraction of sp³-hybridized carbons (Fsp3) is 0.462. The van der Waals surface area contributed by atoms with Crippen LogP contribution in [0.25, 0.3) is 0 Å². The fourth-order valence-electron chi connectivity index (χ4n) is 4.35. The highest BCUT2D eigenvalue weighted by Crippen LogP contribution is 2.28. The van der Waals surface area contributed by atoms with Crippen LogP contribution < -0.4 is 4.74 Å². The number of hydrogen-bond acceptors (Lipinski definition) is 4. The second kappa shape index (κ2) is 12.6. The van der Waals surface area contributed by atoms with Gasteiger partial charge in [-0.15, -0.1) is 0 Å². The Bertz CT molecular complexity index is 903. The van der Waals surface area contributed by atoms with Crippen LogP contribution in [0.3, 0.4) is 0 Å². The molecule has 0 saturated carbocycles. The van der Waals surface area contributed by atoms with Crippen LogP contribution in [0.15, 0.2) is 54.6 Å². The van der Waals surface area contributed by atoms with Crippen molar-refractivity contribution in [2.75, 3.05) is 38.8 Å². The number of thioether (sulfide) groups is 1. The lowest BCUT2D eigenvalue weighted by molar-refractivity contribution is -0.137. The van der Waals surface area contributed by atoms with E-state index in [9.17, 15) is 14.0 Å². The molecule has 5 nitrogen and oxygen atoms in total. The van der Waals surface area contributed by atoms with E-state index in [-0.39, 0.29) is 36.2 Å². The Labute approximate surface area is 200 Å². The monoisotopic (exact) mass is 472 g/mol. The van der Waals surface area contributed by atoms with Crippen molar-refractivity contribution >= 4 is 23.6 Å². The molecule has 1 heterocycles. The van der Waals surface area contributed by atoms with Crippen molar-refractivity contribution in [1.29, 1.82) is 0 Å². The number of likely N-dealkylation sites (tertiary alicyclic amines) is 1.